The molecule has 0 bridgehead atoms. The molecule has 18 heavy (non-hydrogen) atoms. The maximum Gasteiger partial charge on any atom is 0.162 e. The van der Waals surface area contributed by atoms with Crippen LogP contribution in [0.25, 0.3) is 11.0 Å². The van der Waals surface area contributed by atoms with Crippen molar-refractivity contribution in [2.24, 2.45) is 7.05 Å². The van der Waals surface area contributed by atoms with E-state index in [2.05, 4.69) is 22.0 Å². The van der Waals surface area contributed by atoms with Gasteiger partial charge in [0.2, 0.25) is 0 Å². The molecule has 6 heteroatoms. The van der Waals surface area contributed by atoms with E-state index in [1.54, 1.807) is 10.9 Å². The van der Waals surface area contributed by atoms with Gasteiger partial charge in [-0.3, -0.25) is 4.68 Å². The van der Waals surface area contributed by atoms with E-state index < -0.39 is 0 Å². The van der Waals surface area contributed by atoms with Crippen LogP contribution >= 0.6 is 11.6 Å². The van der Waals surface area contributed by atoms with E-state index in [9.17, 15) is 0 Å². The number of fused-ring (bicyclic) bond motifs is 1. The van der Waals surface area contributed by atoms with Gasteiger partial charge in [0.25, 0.3) is 0 Å². The molecule has 0 aliphatic rings. The van der Waals surface area contributed by atoms with E-state index in [0.717, 1.165) is 23.9 Å². The fourth-order valence-corrected chi connectivity index (χ4v) is 2.03. The summed E-state index contributed by atoms with van der Waals surface area (Å²) < 4.78 is 7.36. The number of halogens is 1. The van der Waals surface area contributed by atoms with E-state index in [1.165, 1.54) is 0 Å². The maximum atomic E-state index is 6.09. The van der Waals surface area contributed by atoms with Crippen LogP contribution in [0.2, 0.25) is 5.15 Å². The molecule has 2 aromatic rings. The number of aromatic nitrogens is 4. The molecule has 0 radical (unpaired) electrons. The monoisotopic (exact) mass is 268 g/mol. The lowest BCUT2D eigenvalue weighted by atomic mass is 10.2. The minimum Gasteiger partial charge on any atom is -0.371 e. The quantitative estimate of drug-likeness (QED) is 0.783. The SMILES string of the molecule is CCCC(C)OCc1nc(Cl)c2cnn(C)c2n1. The Morgan fingerprint density at radius 3 is 2.94 bits per heavy atom. The van der Waals surface area contributed by atoms with Gasteiger partial charge in [-0.05, 0) is 13.3 Å². The van der Waals surface area contributed by atoms with Crippen molar-refractivity contribution >= 4 is 22.6 Å². The summed E-state index contributed by atoms with van der Waals surface area (Å²) in [4.78, 5) is 8.63. The van der Waals surface area contributed by atoms with Crippen molar-refractivity contribution in [3.63, 3.8) is 0 Å². The van der Waals surface area contributed by atoms with Crippen LogP contribution < -0.4 is 0 Å². The van der Waals surface area contributed by atoms with Gasteiger partial charge in [-0.25, -0.2) is 9.97 Å². The number of aryl methyl sites for hydroxylation is 1. The highest BCUT2D eigenvalue weighted by Crippen LogP contribution is 2.19. The summed E-state index contributed by atoms with van der Waals surface area (Å²) in [5, 5.41) is 5.31. The first kappa shape index (κ1) is 13.2. The fourth-order valence-electron chi connectivity index (χ4n) is 1.80. The fraction of sp³-hybridized carbons (Fsp3) is 0.583. The van der Waals surface area contributed by atoms with E-state index in [1.807, 2.05) is 14.0 Å². The number of hydrogen-bond donors (Lipinski definition) is 0. The zero-order valence-corrected chi connectivity index (χ0v) is 11.6. The molecule has 0 saturated heterocycles. The Morgan fingerprint density at radius 2 is 2.22 bits per heavy atom. The molecule has 0 aliphatic carbocycles. The highest BCUT2D eigenvalue weighted by Gasteiger charge is 2.10. The van der Waals surface area contributed by atoms with Gasteiger partial charge in [-0.15, -0.1) is 0 Å². The van der Waals surface area contributed by atoms with E-state index in [-0.39, 0.29) is 6.10 Å². The van der Waals surface area contributed by atoms with Crippen molar-refractivity contribution in [3.8, 4) is 0 Å². The molecule has 0 amide bonds. The van der Waals surface area contributed by atoms with Crippen molar-refractivity contribution in [2.75, 3.05) is 0 Å². The molecule has 0 spiro atoms. The average Bonchev–Trinajstić information content (AvgIpc) is 2.70. The highest BCUT2D eigenvalue weighted by atomic mass is 35.5. The van der Waals surface area contributed by atoms with Crippen LogP contribution in [0.4, 0.5) is 0 Å². The standard InChI is InChI=1S/C12H17ClN4O/c1-4-5-8(2)18-7-10-15-11(13)9-6-14-17(3)12(9)16-10/h6,8H,4-5,7H2,1-3H3. The maximum absolute atomic E-state index is 6.09. The third-order valence-electron chi connectivity index (χ3n) is 2.78. The van der Waals surface area contributed by atoms with Gasteiger partial charge in [-0.2, -0.15) is 5.10 Å². The molecule has 0 saturated carbocycles. The predicted octanol–water partition coefficient (Wildman–Crippen LogP) is 2.72. The van der Waals surface area contributed by atoms with Crippen LogP contribution in [-0.2, 0) is 18.4 Å². The molecule has 0 fully saturated rings. The second-order valence-corrected chi connectivity index (χ2v) is 4.70. The molecule has 0 N–H and O–H groups in total. The van der Waals surface area contributed by atoms with Gasteiger partial charge >= 0.3 is 0 Å². The Morgan fingerprint density at radius 1 is 1.44 bits per heavy atom. The molecule has 0 aliphatic heterocycles. The van der Waals surface area contributed by atoms with E-state index in [4.69, 9.17) is 16.3 Å². The summed E-state index contributed by atoms with van der Waals surface area (Å²) in [6.07, 6.45) is 4.01. The predicted molar refractivity (Wildman–Crippen MR) is 70.5 cm³/mol. The minimum absolute atomic E-state index is 0.208. The summed E-state index contributed by atoms with van der Waals surface area (Å²) >= 11 is 6.09. The normalized spacial score (nSPS) is 13.1. The van der Waals surface area contributed by atoms with Crippen LogP contribution in [-0.4, -0.2) is 25.9 Å². The van der Waals surface area contributed by atoms with Gasteiger partial charge in [0, 0.05) is 7.05 Å². The molecular weight excluding hydrogens is 252 g/mol. The lowest BCUT2D eigenvalue weighted by Gasteiger charge is -2.11. The van der Waals surface area contributed by atoms with Crippen molar-refractivity contribution < 1.29 is 4.74 Å². The smallest absolute Gasteiger partial charge is 0.162 e. The number of hydrogen-bond acceptors (Lipinski definition) is 4. The Bertz CT molecular complexity index is 540. The first-order valence-electron chi connectivity index (χ1n) is 6.07. The number of nitrogens with zero attached hydrogens (tertiary/aromatic N) is 4. The first-order chi connectivity index (χ1) is 8.61. The van der Waals surface area contributed by atoms with Crippen molar-refractivity contribution in [1.29, 1.82) is 0 Å². The summed E-state index contributed by atoms with van der Waals surface area (Å²) in [7, 11) is 1.83. The summed E-state index contributed by atoms with van der Waals surface area (Å²) in [6, 6.07) is 0. The highest BCUT2D eigenvalue weighted by molar-refractivity contribution is 6.33. The van der Waals surface area contributed by atoms with Gasteiger partial charge in [0.1, 0.15) is 11.8 Å². The molecule has 2 rings (SSSR count). The zero-order chi connectivity index (χ0) is 13.1. The van der Waals surface area contributed by atoms with Crippen LogP contribution in [0.15, 0.2) is 6.20 Å². The first-order valence-corrected chi connectivity index (χ1v) is 6.45. The molecule has 5 nitrogen and oxygen atoms in total. The average molecular weight is 269 g/mol. The lowest BCUT2D eigenvalue weighted by Crippen LogP contribution is -2.10. The van der Waals surface area contributed by atoms with Crippen LogP contribution in [0.1, 0.15) is 32.5 Å². The molecule has 2 aromatic heterocycles. The minimum atomic E-state index is 0.208. The molecular formula is C12H17ClN4O. The largest absolute Gasteiger partial charge is 0.371 e. The second kappa shape index (κ2) is 5.63. The number of ether oxygens (including phenoxy) is 1. The Labute approximate surface area is 111 Å². The third-order valence-corrected chi connectivity index (χ3v) is 3.07. The van der Waals surface area contributed by atoms with Crippen molar-refractivity contribution in [2.45, 2.75) is 39.4 Å². The Balaban J connectivity index is 2.16. The lowest BCUT2D eigenvalue weighted by molar-refractivity contribution is 0.0433. The van der Waals surface area contributed by atoms with Crippen LogP contribution in [0.3, 0.4) is 0 Å². The molecule has 98 valence electrons. The Kier molecular flexibility index (Phi) is 4.14. The zero-order valence-electron chi connectivity index (χ0n) is 10.9. The van der Waals surface area contributed by atoms with Gasteiger partial charge < -0.3 is 4.74 Å². The van der Waals surface area contributed by atoms with Gasteiger partial charge in [0.05, 0.1) is 17.7 Å². The second-order valence-electron chi connectivity index (χ2n) is 4.35. The summed E-state index contributed by atoms with van der Waals surface area (Å²) in [5.74, 6) is 0.596. The van der Waals surface area contributed by atoms with E-state index >= 15 is 0 Å². The summed E-state index contributed by atoms with van der Waals surface area (Å²) in [5.41, 5.74) is 0.733. The van der Waals surface area contributed by atoms with Crippen LogP contribution in [0, 0.1) is 0 Å². The van der Waals surface area contributed by atoms with E-state index in [0.29, 0.717) is 17.6 Å². The summed E-state index contributed by atoms with van der Waals surface area (Å²) in [6.45, 7) is 4.56. The van der Waals surface area contributed by atoms with Crippen LogP contribution in [0.5, 0.6) is 0 Å². The topological polar surface area (TPSA) is 52.8 Å². The van der Waals surface area contributed by atoms with Crippen molar-refractivity contribution in [3.05, 3.63) is 17.2 Å². The van der Waals surface area contributed by atoms with Gasteiger partial charge in [0.15, 0.2) is 11.5 Å². The molecule has 2 heterocycles. The molecule has 1 unspecified atom stereocenters. The van der Waals surface area contributed by atoms with Crippen molar-refractivity contribution in [1.82, 2.24) is 19.7 Å². The third kappa shape index (κ3) is 2.79. The Hall–Kier alpha value is -1.20. The number of rotatable bonds is 5. The molecule has 1 atom stereocenters. The molecule has 0 aromatic carbocycles. The van der Waals surface area contributed by atoms with Gasteiger partial charge in [-0.1, -0.05) is 24.9 Å².